The zero-order chi connectivity index (χ0) is 35.3. The van der Waals surface area contributed by atoms with Crippen LogP contribution < -0.4 is 42.3 Å². The van der Waals surface area contributed by atoms with Crippen molar-refractivity contribution in [2.45, 2.75) is 114 Å². The van der Waals surface area contributed by atoms with Gasteiger partial charge in [0.1, 0.15) is 42.5 Å². The van der Waals surface area contributed by atoms with E-state index in [1.807, 2.05) is 0 Å². The maximum atomic E-state index is 12.7. The van der Waals surface area contributed by atoms with Crippen molar-refractivity contribution in [1.29, 1.82) is 0 Å². The Hall–Kier alpha value is -3.95. The Kier molecular flexibility index (Phi) is 16.5. The normalized spacial score (nSPS) is 24.3. The molecule has 0 spiro atoms. The molecule has 1 heterocycles. The molecule has 0 aromatic rings. The molecule has 1 aliphatic heterocycles. The number of quaternary nitrogens is 1. The molecule has 262 valence electrons. The third-order valence-electron chi connectivity index (χ3n) is 6.98. The number of ether oxygens (including phenoxy) is 2. The topological polar surface area (TPSA) is 344 Å². The van der Waals surface area contributed by atoms with Crippen LogP contribution in [0.2, 0.25) is 0 Å². The maximum Gasteiger partial charge on any atom is 0.249 e. The molecule has 0 aliphatic carbocycles. The summed E-state index contributed by atoms with van der Waals surface area (Å²) < 4.78 is 10.6. The summed E-state index contributed by atoms with van der Waals surface area (Å²) in [6.45, 7) is 2.79. The summed E-state index contributed by atoms with van der Waals surface area (Å²) in [6, 6.07) is -7.06. The van der Waals surface area contributed by atoms with E-state index in [1.54, 1.807) is 0 Å². The summed E-state index contributed by atoms with van der Waals surface area (Å²) in [5.74, 6) is -8.35. The Morgan fingerprint density at radius 2 is 1.46 bits per heavy atom. The molecule has 4 amide bonds. The Morgan fingerprint density at radius 1 is 0.870 bits per heavy atom. The minimum atomic E-state index is -1.79. The van der Waals surface area contributed by atoms with Gasteiger partial charge < -0.3 is 81.5 Å². The van der Waals surface area contributed by atoms with Crippen molar-refractivity contribution in [3.8, 4) is 0 Å². The van der Waals surface area contributed by atoms with E-state index in [4.69, 9.17) is 9.47 Å². The summed E-state index contributed by atoms with van der Waals surface area (Å²) >= 11 is 0. The number of aliphatic carboxylic acids is 3. The molecular weight excluding hydrogens is 622 g/mol. The standard InChI is InChI=1S/C26H43N5O15/c1-10(28-22(37)11(2)45-20-18(29-12(3)33)26(44)46-16(9-32)19(20)35)21(36)31-15(25(42)43)7-8-17(34)30-14(24(40)41)6-4-5-13(27)23(38)39/h10-11,13-16,18-20,26,32,35,44H,4-9,27H2,1-3H3,(H,28,37)(H,29,33)(H,30,34)(H,31,36)(H,38,39)(H,40,41)(H,42,43)/p-2/t10-,11+,13+,14-,15+,16+,18+,19+,20+,26?/m0/s1. The number of rotatable bonds is 19. The van der Waals surface area contributed by atoms with Crippen molar-refractivity contribution in [2.75, 3.05) is 6.61 Å². The Morgan fingerprint density at radius 3 is 1.98 bits per heavy atom. The fourth-order valence-corrected chi connectivity index (χ4v) is 4.35. The number of nitrogens with one attached hydrogen (secondary N) is 4. The SMILES string of the molecule is CC(=O)N[C@H]1C(O)O[C@H](CO)[C@@H](O)[C@@H]1O[C@H](C)C(=O)N[C@@H](C)C(=O)N[C@H](CCC(=O)N[C@@H](CCC[C@@H]([NH3+])C(=O)[O-])C(=O)[O-])C(=O)[O-]. The highest BCUT2D eigenvalue weighted by Crippen LogP contribution is 2.23. The van der Waals surface area contributed by atoms with Gasteiger partial charge in [0.2, 0.25) is 23.6 Å². The van der Waals surface area contributed by atoms with E-state index in [0.29, 0.717) is 0 Å². The van der Waals surface area contributed by atoms with Crippen molar-refractivity contribution >= 4 is 41.5 Å². The van der Waals surface area contributed by atoms with Gasteiger partial charge in [0.15, 0.2) is 6.29 Å². The molecule has 20 nitrogen and oxygen atoms in total. The Labute approximate surface area is 263 Å². The van der Waals surface area contributed by atoms with Crippen molar-refractivity contribution in [2.24, 2.45) is 0 Å². The zero-order valence-electron chi connectivity index (χ0n) is 25.5. The third-order valence-corrected chi connectivity index (χ3v) is 6.98. The fourth-order valence-electron chi connectivity index (χ4n) is 4.35. The first-order chi connectivity index (χ1) is 21.4. The van der Waals surface area contributed by atoms with Gasteiger partial charge in [0, 0.05) is 19.8 Å². The van der Waals surface area contributed by atoms with Crippen LogP contribution in [0.1, 0.15) is 52.9 Å². The first kappa shape index (κ1) is 40.1. The van der Waals surface area contributed by atoms with Crippen LogP contribution in [-0.4, -0.2) is 124 Å². The number of hydrogen-bond acceptors (Lipinski definition) is 15. The molecule has 1 saturated heterocycles. The lowest BCUT2D eigenvalue weighted by Gasteiger charge is -2.43. The van der Waals surface area contributed by atoms with Crippen LogP contribution in [-0.2, 0) is 43.0 Å². The van der Waals surface area contributed by atoms with Crippen molar-refractivity contribution in [3.05, 3.63) is 0 Å². The highest BCUT2D eigenvalue weighted by atomic mass is 16.6. The highest BCUT2D eigenvalue weighted by Gasteiger charge is 2.47. The third kappa shape index (κ3) is 12.8. The van der Waals surface area contributed by atoms with Gasteiger partial charge in [-0.05, 0) is 33.1 Å². The molecule has 10 atom stereocenters. The number of carbonyl (C=O) groups excluding carboxylic acids is 7. The van der Waals surface area contributed by atoms with Gasteiger partial charge in [0.25, 0.3) is 0 Å². The number of aliphatic hydroxyl groups is 3. The van der Waals surface area contributed by atoms with E-state index in [2.05, 4.69) is 27.0 Å². The van der Waals surface area contributed by atoms with E-state index in [-0.39, 0.29) is 19.3 Å². The molecule has 0 bridgehead atoms. The predicted octanol–water partition coefficient (Wildman–Crippen LogP) is -9.38. The molecule has 0 radical (unpaired) electrons. The largest absolute Gasteiger partial charge is 0.548 e. The molecule has 10 N–H and O–H groups in total. The molecule has 1 fully saturated rings. The lowest BCUT2D eigenvalue weighted by Crippen LogP contribution is -2.68. The number of carbonyl (C=O) groups is 7. The summed E-state index contributed by atoms with van der Waals surface area (Å²) in [5.41, 5.74) is 3.33. The Balaban J connectivity index is 2.73. The number of hydrogen-bond donors (Lipinski definition) is 8. The van der Waals surface area contributed by atoms with Crippen LogP contribution in [0.25, 0.3) is 0 Å². The Bertz CT molecular complexity index is 1110. The second-order valence-corrected chi connectivity index (χ2v) is 10.7. The molecule has 0 saturated carbocycles. The smallest absolute Gasteiger partial charge is 0.249 e. The molecule has 0 aromatic heterocycles. The van der Waals surface area contributed by atoms with Gasteiger partial charge >= 0.3 is 0 Å². The quantitative estimate of drug-likeness (QED) is 0.0636. The number of amides is 4. The summed E-state index contributed by atoms with van der Waals surface area (Å²) in [4.78, 5) is 82.9. The highest BCUT2D eigenvalue weighted by molar-refractivity contribution is 5.91. The molecule has 46 heavy (non-hydrogen) atoms. The summed E-state index contributed by atoms with van der Waals surface area (Å²) in [6.07, 6.45) is -8.78. The van der Waals surface area contributed by atoms with Crippen molar-refractivity contribution in [1.82, 2.24) is 21.3 Å². The van der Waals surface area contributed by atoms with E-state index < -0.39 is 122 Å². The number of carboxylic acids is 3. The minimum absolute atomic E-state index is 0.0250. The fraction of sp³-hybridized carbons (Fsp3) is 0.731. The van der Waals surface area contributed by atoms with Gasteiger partial charge in [-0.2, -0.15) is 0 Å². The van der Waals surface area contributed by atoms with Gasteiger partial charge in [-0.3, -0.25) is 19.2 Å². The number of aliphatic hydroxyl groups excluding tert-OH is 3. The molecule has 1 rings (SSSR count). The molecule has 1 unspecified atom stereocenters. The molecule has 20 heteroatoms. The molecule has 1 aliphatic rings. The maximum absolute atomic E-state index is 12.7. The van der Waals surface area contributed by atoms with E-state index in [0.717, 1.165) is 6.92 Å². The lowest BCUT2D eigenvalue weighted by atomic mass is 9.96. The first-order valence-corrected chi connectivity index (χ1v) is 14.3. The van der Waals surface area contributed by atoms with Crippen LogP contribution in [0.5, 0.6) is 0 Å². The number of carboxylic acid groups (broad SMARTS) is 3. The monoisotopic (exact) mass is 663 g/mol. The predicted molar refractivity (Wildman–Crippen MR) is 142 cm³/mol. The van der Waals surface area contributed by atoms with Crippen LogP contribution in [0, 0.1) is 0 Å². The average Bonchev–Trinajstić information content (AvgIpc) is 2.96. The van der Waals surface area contributed by atoms with Gasteiger partial charge in [-0.15, -0.1) is 0 Å². The lowest BCUT2D eigenvalue weighted by molar-refractivity contribution is -0.438. The second-order valence-electron chi connectivity index (χ2n) is 10.7. The van der Waals surface area contributed by atoms with Gasteiger partial charge in [-0.1, -0.05) is 0 Å². The summed E-state index contributed by atoms with van der Waals surface area (Å²) in [7, 11) is 0. The van der Waals surface area contributed by atoms with E-state index in [9.17, 15) is 64.2 Å². The van der Waals surface area contributed by atoms with Crippen molar-refractivity contribution < 1.29 is 79.4 Å². The van der Waals surface area contributed by atoms with E-state index >= 15 is 0 Å². The summed E-state index contributed by atoms with van der Waals surface area (Å²) in [5, 5.41) is 72.6. The van der Waals surface area contributed by atoms with Gasteiger partial charge in [-0.25, -0.2) is 0 Å². The minimum Gasteiger partial charge on any atom is -0.548 e. The van der Waals surface area contributed by atoms with Crippen LogP contribution in [0.3, 0.4) is 0 Å². The van der Waals surface area contributed by atoms with Crippen molar-refractivity contribution in [3.63, 3.8) is 0 Å². The van der Waals surface area contributed by atoms with Crippen LogP contribution in [0.15, 0.2) is 0 Å². The van der Waals surface area contributed by atoms with Crippen LogP contribution in [0.4, 0.5) is 0 Å². The van der Waals surface area contributed by atoms with Crippen LogP contribution >= 0.6 is 0 Å². The van der Waals surface area contributed by atoms with Gasteiger partial charge in [0.05, 0.1) is 36.6 Å². The molecule has 0 aromatic carbocycles. The average molecular weight is 664 g/mol. The van der Waals surface area contributed by atoms with E-state index in [1.165, 1.54) is 13.8 Å². The zero-order valence-corrected chi connectivity index (χ0v) is 25.5. The first-order valence-electron chi connectivity index (χ1n) is 14.3. The second kappa shape index (κ2) is 18.9. The molecular formula is C26H41N5O15-2.